The highest BCUT2D eigenvalue weighted by atomic mass is 127. The van der Waals surface area contributed by atoms with Gasteiger partial charge in [-0.25, -0.2) is 0 Å². The molecule has 0 unspecified atom stereocenters. The van der Waals surface area contributed by atoms with Gasteiger partial charge in [-0.05, 0) is 101 Å². The molecule has 0 fully saturated rings. The molecule has 3 nitrogen and oxygen atoms in total. The first-order valence-corrected chi connectivity index (χ1v) is 9.61. The number of unbranched alkanes of at least 4 members (excludes halogenated alkanes) is 1. The molecule has 0 N–H and O–H groups in total. The van der Waals surface area contributed by atoms with Gasteiger partial charge in [0.25, 0.3) is 0 Å². The van der Waals surface area contributed by atoms with Crippen molar-refractivity contribution in [2.75, 3.05) is 20.3 Å². The number of halogens is 2. The van der Waals surface area contributed by atoms with Crippen LogP contribution >= 0.6 is 45.2 Å². The van der Waals surface area contributed by atoms with Crippen molar-refractivity contribution in [1.29, 1.82) is 0 Å². The predicted molar refractivity (Wildman–Crippen MR) is 110 cm³/mol. The molecule has 23 heavy (non-hydrogen) atoms. The van der Waals surface area contributed by atoms with Crippen molar-refractivity contribution in [3.8, 4) is 17.2 Å². The summed E-state index contributed by atoms with van der Waals surface area (Å²) in [5.74, 6) is 2.71. The van der Waals surface area contributed by atoms with E-state index >= 15 is 0 Å². The molecule has 124 valence electrons. The Kier molecular flexibility index (Phi) is 7.75. The lowest BCUT2D eigenvalue weighted by Gasteiger charge is -2.11. The van der Waals surface area contributed by atoms with Crippen LogP contribution in [-0.4, -0.2) is 20.3 Å². The van der Waals surface area contributed by atoms with E-state index in [4.69, 9.17) is 14.2 Å². The summed E-state index contributed by atoms with van der Waals surface area (Å²) in [6.07, 6.45) is 1.93. The molecule has 0 spiro atoms. The Morgan fingerprint density at radius 3 is 1.91 bits per heavy atom. The van der Waals surface area contributed by atoms with E-state index in [1.54, 1.807) is 7.11 Å². The second-order valence-electron chi connectivity index (χ2n) is 5.13. The standard InChI is InChI=1S/C18H20I2O3/c1-13-5-7-17(15(19)11-13)22-9-3-4-10-23-18-8-6-14(21-2)12-16(18)20/h5-8,11-12H,3-4,9-10H2,1-2H3. The van der Waals surface area contributed by atoms with E-state index in [0.29, 0.717) is 13.2 Å². The summed E-state index contributed by atoms with van der Waals surface area (Å²) in [4.78, 5) is 0. The summed E-state index contributed by atoms with van der Waals surface area (Å²) in [6, 6.07) is 12.1. The van der Waals surface area contributed by atoms with E-state index < -0.39 is 0 Å². The van der Waals surface area contributed by atoms with Crippen LogP contribution in [0.15, 0.2) is 36.4 Å². The van der Waals surface area contributed by atoms with E-state index in [2.05, 4.69) is 64.2 Å². The number of rotatable bonds is 8. The Balaban J connectivity index is 1.68. The Bertz CT molecular complexity index is 644. The number of methoxy groups -OCH3 is 1. The van der Waals surface area contributed by atoms with Gasteiger partial charge in [0.1, 0.15) is 17.2 Å². The molecule has 0 aliphatic carbocycles. The summed E-state index contributed by atoms with van der Waals surface area (Å²) in [6.45, 7) is 3.49. The van der Waals surface area contributed by atoms with Gasteiger partial charge in [0, 0.05) is 0 Å². The smallest absolute Gasteiger partial charge is 0.132 e. The summed E-state index contributed by atoms with van der Waals surface area (Å²) < 4.78 is 19.0. The van der Waals surface area contributed by atoms with Gasteiger partial charge in [-0.1, -0.05) is 6.07 Å². The van der Waals surface area contributed by atoms with Crippen molar-refractivity contribution in [3.63, 3.8) is 0 Å². The van der Waals surface area contributed by atoms with Crippen LogP contribution in [0.4, 0.5) is 0 Å². The largest absolute Gasteiger partial charge is 0.497 e. The second-order valence-corrected chi connectivity index (χ2v) is 7.46. The lowest BCUT2D eigenvalue weighted by atomic mass is 10.2. The van der Waals surface area contributed by atoms with Crippen LogP contribution in [-0.2, 0) is 0 Å². The number of aryl methyl sites for hydroxylation is 1. The van der Waals surface area contributed by atoms with Crippen LogP contribution in [0.2, 0.25) is 0 Å². The second kappa shape index (κ2) is 9.56. The molecule has 0 heterocycles. The zero-order chi connectivity index (χ0) is 16.7. The molecule has 5 heteroatoms. The van der Waals surface area contributed by atoms with Crippen LogP contribution in [0.25, 0.3) is 0 Å². The van der Waals surface area contributed by atoms with E-state index in [9.17, 15) is 0 Å². The van der Waals surface area contributed by atoms with E-state index in [0.717, 1.165) is 37.2 Å². The zero-order valence-electron chi connectivity index (χ0n) is 13.3. The van der Waals surface area contributed by atoms with Crippen LogP contribution in [0.1, 0.15) is 18.4 Å². The van der Waals surface area contributed by atoms with Gasteiger partial charge in [-0.2, -0.15) is 0 Å². The minimum atomic E-state index is 0.691. The van der Waals surface area contributed by atoms with Gasteiger partial charge in [-0.3, -0.25) is 0 Å². The molecule has 0 bridgehead atoms. The Morgan fingerprint density at radius 1 is 0.826 bits per heavy atom. The Morgan fingerprint density at radius 2 is 1.39 bits per heavy atom. The van der Waals surface area contributed by atoms with Gasteiger partial charge in [0.05, 0.1) is 27.5 Å². The third-order valence-electron chi connectivity index (χ3n) is 3.28. The normalized spacial score (nSPS) is 10.4. The molecule has 0 atom stereocenters. The SMILES string of the molecule is COc1ccc(OCCCCOc2ccc(C)cc2I)c(I)c1. The van der Waals surface area contributed by atoms with E-state index in [1.165, 1.54) is 5.56 Å². The molecule has 0 saturated carbocycles. The summed E-state index contributed by atoms with van der Waals surface area (Å²) >= 11 is 4.57. The highest BCUT2D eigenvalue weighted by Gasteiger charge is 2.03. The average molecular weight is 538 g/mol. The van der Waals surface area contributed by atoms with Crippen molar-refractivity contribution < 1.29 is 14.2 Å². The lowest BCUT2D eigenvalue weighted by Crippen LogP contribution is -2.04. The van der Waals surface area contributed by atoms with Gasteiger partial charge >= 0.3 is 0 Å². The summed E-state index contributed by atoms with van der Waals surface area (Å²) in [5.41, 5.74) is 1.25. The third kappa shape index (κ3) is 6.02. The third-order valence-corrected chi connectivity index (χ3v) is 4.97. The zero-order valence-corrected chi connectivity index (χ0v) is 17.6. The van der Waals surface area contributed by atoms with Crippen LogP contribution in [0.5, 0.6) is 17.2 Å². The molecular weight excluding hydrogens is 518 g/mol. The van der Waals surface area contributed by atoms with Gasteiger partial charge < -0.3 is 14.2 Å². The van der Waals surface area contributed by atoms with Gasteiger partial charge in [-0.15, -0.1) is 0 Å². The maximum atomic E-state index is 5.82. The van der Waals surface area contributed by atoms with Gasteiger partial charge in [0.2, 0.25) is 0 Å². The number of benzene rings is 2. The molecule has 2 aromatic rings. The van der Waals surface area contributed by atoms with Gasteiger partial charge in [0.15, 0.2) is 0 Å². The Labute approximate surface area is 165 Å². The highest BCUT2D eigenvalue weighted by Crippen LogP contribution is 2.26. The molecule has 0 saturated heterocycles. The van der Waals surface area contributed by atoms with Crippen molar-refractivity contribution in [1.82, 2.24) is 0 Å². The minimum absolute atomic E-state index is 0.691. The maximum absolute atomic E-state index is 5.82. The Hall–Kier alpha value is -0.700. The maximum Gasteiger partial charge on any atom is 0.132 e. The minimum Gasteiger partial charge on any atom is -0.497 e. The summed E-state index contributed by atoms with van der Waals surface area (Å²) in [5, 5.41) is 0. The lowest BCUT2D eigenvalue weighted by molar-refractivity contribution is 0.264. The molecular formula is C18H20I2O3. The van der Waals surface area contributed by atoms with Crippen LogP contribution in [0.3, 0.4) is 0 Å². The van der Waals surface area contributed by atoms with Crippen molar-refractivity contribution in [2.45, 2.75) is 19.8 Å². The fraction of sp³-hybridized carbons (Fsp3) is 0.333. The number of ether oxygens (including phenoxy) is 3. The first-order valence-electron chi connectivity index (χ1n) is 7.45. The van der Waals surface area contributed by atoms with Crippen molar-refractivity contribution >= 4 is 45.2 Å². The van der Waals surface area contributed by atoms with Crippen LogP contribution in [0, 0.1) is 14.1 Å². The first kappa shape index (κ1) is 18.6. The molecule has 2 aromatic carbocycles. The fourth-order valence-corrected chi connectivity index (χ4v) is 3.49. The molecule has 2 rings (SSSR count). The topological polar surface area (TPSA) is 27.7 Å². The molecule has 0 amide bonds. The number of hydrogen-bond donors (Lipinski definition) is 0. The monoisotopic (exact) mass is 538 g/mol. The van der Waals surface area contributed by atoms with Crippen molar-refractivity contribution in [3.05, 3.63) is 49.1 Å². The highest BCUT2D eigenvalue weighted by molar-refractivity contribution is 14.1. The quantitative estimate of drug-likeness (QED) is 0.331. The van der Waals surface area contributed by atoms with E-state index in [1.807, 2.05) is 24.3 Å². The average Bonchev–Trinajstić information content (AvgIpc) is 2.53. The van der Waals surface area contributed by atoms with E-state index in [-0.39, 0.29) is 0 Å². The van der Waals surface area contributed by atoms with Crippen LogP contribution < -0.4 is 14.2 Å². The predicted octanol–water partition coefficient (Wildman–Crippen LogP) is 5.45. The molecule has 0 aliphatic heterocycles. The summed E-state index contributed by atoms with van der Waals surface area (Å²) in [7, 11) is 1.67. The molecule has 0 aliphatic rings. The molecule has 0 radical (unpaired) electrons. The van der Waals surface area contributed by atoms with Crippen molar-refractivity contribution in [2.24, 2.45) is 0 Å². The fourth-order valence-electron chi connectivity index (χ4n) is 2.02. The first-order chi connectivity index (χ1) is 11.1. The molecule has 0 aromatic heterocycles. The number of hydrogen-bond acceptors (Lipinski definition) is 3.